The Labute approximate surface area is 202 Å². The molecule has 0 aliphatic heterocycles. The highest BCUT2D eigenvalue weighted by Crippen LogP contribution is 2.27. The number of nitrogens with zero attached hydrogens (tertiary/aromatic N) is 3. The van der Waals surface area contributed by atoms with Gasteiger partial charge in [0, 0.05) is 36.4 Å². The van der Waals surface area contributed by atoms with E-state index in [4.69, 9.17) is 4.42 Å². The van der Waals surface area contributed by atoms with Crippen molar-refractivity contribution in [2.24, 2.45) is 0 Å². The number of carbonyl (C=O) groups is 1. The smallest absolute Gasteiger partial charge is 0.231 e. The van der Waals surface area contributed by atoms with E-state index in [2.05, 4.69) is 15.3 Å². The summed E-state index contributed by atoms with van der Waals surface area (Å²) in [6.07, 6.45) is 3.42. The molecule has 0 atom stereocenters. The third-order valence-electron chi connectivity index (χ3n) is 5.23. The molecule has 10 heteroatoms. The maximum absolute atomic E-state index is 12.4. The molecule has 0 saturated carbocycles. The van der Waals surface area contributed by atoms with Gasteiger partial charge in [-0.1, -0.05) is 42.0 Å². The van der Waals surface area contributed by atoms with E-state index >= 15 is 0 Å². The fourth-order valence-electron chi connectivity index (χ4n) is 3.18. The summed E-state index contributed by atoms with van der Waals surface area (Å²) in [5.74, 6) is 1.000. The highest BCUT2D eigenvalue weighted by Gasteiger charge is 2.14. The molecule has 0 unspecified atom stereocenters. The number of sulfonamides is 1. The number of thiazole rings is 1. The Kier molecular flexibility index (Phi) is 6.80. The van der Waals surface area contributed by atoms with Crippen LogP contribution >= 0.6 is 11.3 Å². The molecule has 0 aliphatic carbocycles. The van der Waals surface area contributed by atoms with E-state index in [0.717, 1.165) is 17.4 Å². The first-order valence-corrected chi connectivity index (χ1v) is 13.2. The second kappa shape index (κ2) is 9.78. The minimum atomic E-state index is -3.32. The SMILES string of the molecule is Cc1ccc(-c2cnc(CCC(=O)Nc3nc(-c4ccc(N(C)S(C)(=O)=O)cc4)cs3)o2)cc1. The molecular weight excluding hydrogens is 472 g/mol. The number of nitrogens with one attached hydrogen (secondary N) is 1. The lowest BCUT2D eigenvalue weighted by Gasteiger charge is -2.16. The van der Waals surface area contributed by atoms with E-state index in [-0.39, 0.29) is 12.3 Å². The molecule has 0 bridgehead atoms. The molecule has 8 nitrogen and oxygen atoms in total. The van der Waals surface area contributed by atoms with Crippen molar-refractivity contribution in [2.45, 2.75) is 19.8 Å². The van der Waals surface area contributed by atoms with Crippen LogP contribution in [0.4, 0.5) is 10.8 Å². The van der Waals surface area contributed by atoms with Gasteiger partial charge in [0.1, 0.15) is 0 Å². The number of oxazole rings is 1. The zero-order chi connectivity index (χ0) is 24.3. The molecule has 34 heavy (non-hydrogen) atoms. The van der Waals surface area contributed by atoms with Gasteiger partial charge in [-0.25, -0.2) is 18.4 Å². The summed E-state index contributed by atoms with van der Waals surface area (Å²) in [7, 11) is -1.82. The molecule has 1 N–H and O–H groups in total. The Hall–Kier alpha value is -3.50. The number of benzene rings is 2. The van der Waals surface area contributed by atoms with Crippen LogP contribution < -0.4 is 9.62 Å². The maximum Gasteiger partial charge on any atom is 0.231 e. The van der Waals surface area contributed by atoms with Crippen molar-refractivity contribution in [3.8, 4) is 22.6 Å². The standard InChI is InChI=1S/C24H24N4O4S2/c1-16-4-6-18(7-5-16)21-14-25-23(32-21)13-12-22(29)27-24-26-20(15-33-24)17-8-10-19(11-9-17)28(2)34(3,30)31/h4-11,14-15H,12-13H2,1-3H3,(H,26,27,29). The molecule has 2 aromatic carbocycles. The molecular formula is C24H24N4O4S2. The zero-order valence-electron chi connectivity index (χ0n) is 19.0. The number of anilines is 2. The normalized spacial score (nSPS) is 11.4. The molecule has 4 aromatic rings. The lowest BCUT2D eigenvalue weighted by Crippen LogP contribution is -2.24. The Morgan fingerprint density at radius 3 is 2.44 bits per heavy atom. The van der Waals surface area contributed by atoms with E-state index in [1.165, 1.54) is 28.3 Å². The number of hydrogen-bond acceptors (Lipinski definition) is 7. The summed E-state index contributed by atoms with van der Waals surface area (Å²) in [5.41, 5.74) is 4.20. The van der Waals surface area contributed by atoms with Crippen LogP contribution in [-0.2, 0) is 21.2 Å². The van der Waals surface area contributed by atoms with Crippen molar-refractivity contribution in [3.63, 3.8) is 0 Å². The van der Waals surface area contributed by atoms with E-state index < -0.39 is 10.0 Å². The quantitative estimate of drug-likeness (QED) is 0.378. The van der Waals surface area contributed by atoms with Gasteiger partial charge in [-0.2, -0.15) is 0 Å². The lowest BCUT2D eigenvalue weighted by molar-refractivity contribution is -0.116. The van der Waals surface area contributed by atoms with E-state index in [1.54, 1.807) is 30.5 Å². The molecule has 0 spiro atoms. The zero-order valence-corrected chi connectivity index (χ0v) is 20.6. The number of hydrogen-bond donors (Lipinski definition) is 1. The van der Waals surface area contributed by atoms with Crippen LogP contribution in [0, 0.1) is 6.92 Å². The Morgan fingerprint density at radius 1 is 1.09 bits per heavy atom. The van der Waals surface area contributed by atoms with Crippen LogP contribution in [0.25, 0.3) is 22.6 Å². The number of rotatable bonds is 8. The minimum absolute atomic E-state index is 0.180. The maximum atomic E-state index is 12.4. The van der Waals surface area contributed by atoms with E-state index in [9.17, 15) is 13.2 Å². The van der Waals surface area contributed by atoms with Gasteiger partial charge in [-0.15, -0.1) is 11.3 Å². The van der Waals surface area contributed by atoms with Gasteiger partial charge in [-0.3, -0.25) is 9.10 Å². The van der Waals surface area contributed by atoms with Crippen molar-refractivity contribution in [3.05, 3.63) is 71.6 Å². The fraction of sp³-hybridized carbons (Fsp3) is 0.208. The van der Waals surface area contributed by atoms with Gasteiger partial charge in [0.25, 0.3) is 0 Å². The number of carbonyl (C=O) groups excluding carboxylic acids is 1. The number of amides is 1. The fourth-order valence-corrected chi connectivity index (χ4v) is 4.42. The van der Waals surface area contributed by atoms with E-state index in [0.29, 0.717) is 34.6 Å². The van der Waals surface area contributed by atoms with Gasteiger partial charge in [0.15, 0.2) is 16.8 Å². The first kappa shape index (κ1) is 23.7. The first-order chi connectivity index (χ1) is 16.2. The van der Waals surface area contributed by atoms with Crippen LogP contribution in [0.15, 0.2) is 64.5 Å². The third-order valence-corrected chi connectivity index (χ3v) is 7.19. The summed E-state index contributed by atoms with van der Waals surface area (Å²) in [5, 5.41) is 5.14. The highest BCUT2D eigenvalue weighted by atomic mass is 32.2. The van der Waals surface area contributed by atoms with Gasteiger partial charge < -0.3 is 9.73 Å². The van der Waals surface area contributed by atoms with Gasteiger partial charge in [-0.05, 0) is 19.1 Å². The Balaban J connectivity index is 1.33. The molecule has 1 amide bonds. The molecule has 4 rings (SSSR count). The Morgan fingerprint density at radius 2 is 1.76 bits per heavy atom. The predicted octanol–water partition coefficient (Wildman–Crippen LogP) is 4.74. The first-order valence-electron chi connectivity index (χ1n) is 10.5. The van der Waals surface area contributed by atoms with Gasteiger partial charge in [0.2, 0.25) is 15.9 Å². The van der Waals surface area contributed by atoms with Crippen molar-refractivity contribution in [1.29, 1.82) is 0 Å². The third kappa shape index (κ3) is 5.70. The van der Waals surface area contributed by atoms with Crippen molar-refractivity contribution >= 4 is 38.1 Å². The number of aryl methyl sites for hydroxylation is 2. The van der Waals surface area contributed by atoms with Crippen molar-refractivity contribution < 1.29 is 17.6 Å². The summed E-state index contributed by atoms with van der Waals surface area (Å²) in [4.78, 5) is 21.1. The van der Waals surface area contributed by atoms with Crippen LogP contribution in [0.3, 0.4) is 0 Å². The molecule has 2 aromatic heterocycles. The van der Waals surface area contributed by atoms with Crippen molar-refractivity contribution in [1.82, 2.24) is 9.97 Å². The Bertz CT molecular complexity index is 1390. The van der Waals surface area contributed by atoms with E-state index in [1.807, 2.05) is 36.6 Å². The topological polar surface area (TPSA) is 105 Å². The minimum Gasteiger partial charge on any atom is -0.441 e. The van der Waals surface area contributed by atoms with Crippen LogP contribution in [-0.4, -0.2) is 37.6 Å². The molecule has 176 valence electrons. The van der Waals surface area contributed by atoms with Gasteiger partial charge in [0.05, 0.1) is 23.8 Å². The van der Waals surface area contributed by atoms with Crippen LogP contribution in [0.2, 0.25) is 0 Å². The molecule has 0 fully saturated rings. The average molecular weight is 497 g/mol. The number of aromatic nitrogens is 2. The molecule has 0 saturated heterocycles. The lowest BCUT2D eigenvalue weighted by atomic mass is 10.1. The second-order valence-corrected chi connectivity index (χ2v) is 10.7. The van der Waals surface area contributed by atoms with Crippen LogP contribution in [0.1, 0.15) is 17.9 Å². The molecule has 0 aliphatic rings. The largest absolute Gasteiger partial charge is 0.441 e. The summed E-state index contributed by atoms with van der Waals surface area (Å²) < 4.78 is 30.3. The van der Waals surface area contributed by atoms with Crippen LogP contribution in [0.5, 0.6) is 0 Å². The monoisotopic (exact) mass is 496 g/mol. The molecule has 2 heterocycles. The second-order valence-electron chi connectivity index (χ2n) is 7.85. The summed E-state index contributed by atoms with van der Waals surface area (Å²) in [6, 6.07) is 15.0. The summed E-state index contributed by atoms with van der Waals surface area (Å²) in [6.45, 7) is 2.02. The highest BCUT2D eigenvalue weighted by molar-refractivity contribution is 7.92. The molecule has 0 radical (unpaired) electrons. The average Bonchev–Trinajstić information content (AvgIpc) is 3.47. The summed E-state index contributed by atoms with van der Waals surface area (Å²) >= 11 is 1.32. The van der Waals surface area contributed by atoms with Crippen molar-refractivity contribution in [2.75, 3.05) is 22.9 Å². The van der Waals surface area contributed by atoms with Gasteiger partial charge >= 0.3 is 0 Å². The predicted molar refractivity (Wildman–Crippen MR) is 134 cm³/mol.